The van der Waals surface area contributed by atoms with E-state index in [-0.39, 0.29) is 5.60 Å². The van der Waals surface area contributed by atoms with Crippen molar-refractivity contribution in [3.63, 3.8) is 0 Å². The van der Waals surface area contributed by atoms with Gasteiger partial charge in [-0.1, -0.05) is 59.3 Å². The topological polar surface area (TPSA) is 18.5 Å². The fourth-order valence-electron chi connectivity index (χ4n) is 2.21. The molecule has 0 N–H and O–H groups in total. The Hall–Kier alpha value is 0.137. The van der Waals surface area contributed by atoms with Crippen LogP contribution in [0, 0.1) is 0 Å². The normalized spacial score (nSPS) is 12.9. The second kappa shape index (κ2) is 9.95. The van der Waals surface area contributed by atoms with Gasteiger partial charge in [-0.2, -0.15) is 0 Å². The molecule has 0 atom stereocenters. The molecule has 0 amide bonds. The highest BCUT2D eigenvalue weighted by molar-refractivity contribution is 6.73. The minimum Gasteiger partial charge on any atom is -0.286 e. The van der Waals surface area contributed by atoms with Gasteiger partial charge in [0.25, 0.3) is 0 Å². The first kappa shape index (κ1) is 19.1. The van der Waals surface area contributed by atoms with Gasteiger partial charge in [0.1, 0.15) is 0 Å². The third-order valence-electron chi connectivity index (χ3n) is 3.43. The number of hydrogen-bond acceptors (Lipinski definition) is 2. The highest BCUT2D eigenvalue weighted by Crippen LogP contribution is 2.31. The van der Waals surface area contributed by atoms with Gasteiger partial charge in [-0.15, -0.1) is 0 Å². The first-order chi connectivity index (χ1) is 8.89. The molecule has 0 radical (unpaired) electrons. The molecule has 0 saturated carbocycles. The lowest BCUT2D eigenvalue weighted by molar-refractivity contribution is -0.286. The predicted molar refractivity (Wildman–Crippen MR) is 86.8 cm³/mol. The van der Waals surface area contributed by atoms with Gasteiger partial charge in [-0.05, 0) is 38.9 Å². The standard InChI is InChI=1S/C16H36O2Si/c1-7-10-13-19(14-11-8-2,15-12-9-3)18-17-16(4,5)6/h7-15H2,1-6H3. The lowest BCUT2D eigenvalue weighted by Gasteiger charge is -2.33. The Balaban J connectivity index is 4.66. The van der Waals surface area contributed by atoms with Gasteiger partial charge in [0.15, 0.2) is 0 Å². The molecule has 19 heavy (non-hydrogen) atoms. The smallest absolute Gasteiger partial charge is 0.239 e. The molecule has 0 aromatic rings. The summed E-state index contributed by atoms with van der Waals surface area (Å²) in [4.78, 5) is 5.75. The van der Waals surface area contributed by atoms with Gasteiger partial charge in [-0.25, -0.2) is 4.89 Å². The third-order valence-corrected chi connectivity index (χ3v) is 7.66. The Morgan fingerprint density at radius 1 is 0.737 bits per heavy atom. The Morgan fingerprint density at radius 2 is 1.11 bits per heavy atom. The van der Waals surface area contributed by atoms with Crippen molar-refractivity contribution in [2.24, 2.45) is 0 Å². The van der Waals surface area contributed by atoms with Gasteiger partial charge >= 0.3 is 0 Å². The van der Waals surface area contributed by atoms with Crippen molar-refractivity contribution in [1.29, 1.82) is 0 Å². The van der Waals surface area contributed by atoms with Crippen molar-refractivity contribution >= 4 is 8.32 Å². The molecule has 3 heteroatoms. The zero-order valence-electron chi connectivity index (χ0n) is 14.2. The van der Waals surface area contributed by atoms with E-state index in [1.165, 1.54) is 56.7 Å². The molecule has 0 unspecified atom stereocenters. The molecule has 0 bridgehead atoms. The largest absolute Gasteiger partial charge is 0.286 e. The van der Waals surface area contributed by atoms with Gasteiger partial charge in [0, 0.05) is 0 Å². The van der Waals surface area contributed by atoms with Crippen molar-refractivity contribution in [2.75, 3.05) is 0 Å². The Morgan fingerprint density at radius 3 is 1.37 bits per heavy atom. The molecule has 0 heterocycles. The molecule has 0 aromatic heterocycles. The van der Waals surface area contributed by atoms with E-state index in [0.29, 0.717) is 0 Å². The maximum absolute atomic E-state index is 6.14. The number of rotatable bonds is 11. The molecule has 0 aromatic carbocycles. The van der Waals surface area contributed by atoms with E-state index in [0.717, 1.165) is 0 Å². The van der Waals surface area contributed by atoms with E-state index in [1.54, 1.807) is 0 Å². The summed E-state index contributed by atoms with van der Waals surface area (Å²) >= 11 is 0. The zero-order chi connectivity index (χ0) is 14.8. The maximum atomic E-state index is 6.14. The molecule has 0 rings (SSSR count). The summed E-state index contributed by atoms with van der Waals surface area (Å²) in [5.41, 5.74) is -0.192. The SMILES string of the molecule is CCCC[Si](CCCC)(CCCC)OOC(C)(C)C. The lowest BCUT2D eigenvalue weighted by Crippen LogP contribution is -2.40. The van der Waals surface area contributed by atoms with Crippen LogP contribution in [0.3, 0.4) is 0 Å². The van der Waals surface area contributed by atoms with Crippen molar-refractivity contribution in [1.82, 2.24) is 0 Å². The lowest BCUT2D eigenvalue weighted by atomic mass is 10.2. The highest BCUT2D eigenvalue weighted by Gasteiger charge is 2.36. The molecule has 0 aliphatic rings. The summed E-state index contributed by atoms with van der Waals surface area (Å²) in [6.45, 7) is 13.0. The van der Waals surface area contributed by atoms with Crippen molar-refractivity contribution in [3.8, 4) is 0 Å². The Bertz CT molecular complexity index is 190. The number of unbranched alkanes of at least 4 members (excludes halogenated alkanes) is 3. The van der Waals surface area contributed by atoms with Crippen LogP contribution in [0.5, 0.6) is 0 Å². The Kier molecular flexibility index (Phi) is 10.0. The molecular formula is C16H36O2Si. The van der Waals surface area contributed by atoms with Crippen LogP contribution < -0.4 is 0 Å². The van der Waals surface area contributed by atoms with Gasteiger partial charge in [0.2, 0.25) is 8.32 Å². The van der Waals surface area contributed by atoms with Gasteiger partial charge < -0.3 is 0 Å². The van der Waals surface area contributed by atoms with Crippen LogP contribution in [0.2, 0.25) is 18.1 Å². The fourth-order valence-corrected chi connectivity index (χ4v) is 6.63. The van der Waals surface area contributed by atoms with Crippen molar-refractivity contribution in [3.05, 3.63) is 0 Å². The second-order valence-corrected chi connectivity index (χ2v) is 10.8. The highest BCUT2D eigenvalue weighted by atomic mass is 28.4. The summed E-state index contributed by atoms with van der Waals surface area (Å²) in [6.07, 6.45) is 7.62. The molecule has 0 aliphatic heterocycles. The summed E-state index contributed by atoms with van der Waals surface area (Å²) in [5.74, 6) is 0. The van der Waals surface area contributed by atoms with E-state index in [4.69, 9.17) is 9.46 Å². The minimum atomic E-state index is -1.69. The first-order valence-electron chi connectivity index (χ1n) is 8.26. The van der Waals surface area contributed by atoms with Crippen LogP contribution in [0.1, 0.15) is 80.1 Å². The Labute approximate surface area is 122 Å². The molecule has 116 valence electrons. The van der Waals surface area contributed by atoms with E-state index in [2.05, 4.69) is 41.5 Å². The average Bonchev–Trinajstić information content (AvgIpc) is 2.36. The summed E-state index contributed by atoms with van der Waals surface area (Å²) in [6, 6.07) is 3.79. The average molecular weight is 289 g/mol. The molecule has 0 fully saturated rings. The molecule has 0 aliphatic carbocycles. The second-order valence-electron chi connectivity index (χ2n) is 6.77. The van der Waals surface area contributed by atoms with Crippen LogP contribution in [0.15, 0.2) is 0 Å². The maximum Gasteiger partial charge on any atom is 0.239 e. The van der Waals surface area contributed by atoms with E-state index >= 15 is 0 Å². The summed E-state index contributed by atoms with van der Waals surface area (Å²) in [7, 11) is -1.69. The molecule has 0 spiro atoms. The van der Waals surface area contributed by atoms with E-state index < -0.39 is 8.32 Å². The van der Waals surface area contributed by atoms with Crippen LogP contribution in [-0.4, -0.2) is 13.9 Å². The molecule has 2 nitrogen and oxygen atoms in total. The number of hydrogen-bond donors (Lipinski definition) is 0. The van der Waals surface area contributed by atoms with E-state index in [9.17, 15) is 0 Å². The molecular weight excluding hydrogens is 252 g/mol. The minimum absolute atomic E-state index is 0.192. The quantitative estimate of drug-likeness (QED) is 0.260. The van der Waals surface area contributed by atoms with Crippen LogP contribution >= 0.6 is 0 Å². The third kappa shape index (κ3) is 9.64. The first-order valence-corrected chi connectivity index (χ1v) is 10.8. The van der Waals surface area contributed by atoms with Gasteiger partial charge in [0.05, 0.1) is 5.60 Å². The summed E-state index contributed by atoms with van der Waals surface area (Å²) < 4.78 is 6.14. The molecule has 0 saturated heterocycles. The monoisotopic (exact) mass is 288 g/mol. The van der Waals surface area contributed by atoms with Crippen LogP contribution in [-0.2, 0) is 9.46 Å². The van der Waals surface area contributed by atoms with Crippen LogP contribution in [0.25, 0.3) is 0 Å². The predicted octanol–water partition coefficient (Wildman–Crippen LogP) is 6.08. The van der Waals surface area contributed by atoms with E-state index in [1.807, 2.05) is 0 Å². The zero-order valence-corrected chi connectivity index (χ0v) is 15.2. The van der Waals surface area contributed by atoms with Crippen LogP contribution in [0.4, 0.5) is 0 Å². The van der Waals surface area contributed by atoms with Crippen molar-refractivity contribution < 1.29 is 9.46 Å². The fraction of sp³-hybridized carbons (Fsp3) is 1.00. The van der Waals surface area contributed by atoms with Gasteiger partial charge in [-0.3, -0.25) is 4.58 Å². The summed E-state index contributed by atoms with van der Waals surface area (Å²) in [5, 5.41) is 0. The van der Waals surface area contributed by atoms with Crippen molar-refractivity contribution in [2.45, 2.75) is 104 Å².